The molecule has 0 bridgehead atoms. The van der Waals surface area contributed by atoms with Gasteiger partial charge in [0.2, 0.25) is 10.0 Å². The van der Waals surface area contributed by atoms with Gasteiger partial charge in [0.05, 0.1) is 26.0 Å². The predicted octanol–water partition coefficient (Wildman–Crippen LogP) is 1.47. The number of benzene rings is 1. The standard InChI is InChI=1S/C22H31N3O5S/c1-29-16-3-4-17-18(9-16)23-21-19(11-26)25(31(2,27)28)14-22(20(17)21)12-24(13-22)10-15-5-7-30-8-6-15/h3-4,9,15,19,23,26H,5-8,10-14H2,1-2H3/t19-/m1/s1. The molecule has 1 aromatic carbocycles. The Morgan fingerprint density at radius 3 is 2.65 bits per heavy atom. The van der Waals surface area contributed by atoms with Gasteiger partial charge in [-0.3, -0.25) is 0 Å². The van der Waals surface area contributed by atoms with Crippen LogP contribution >= 0.6 is 0 Å². The molecule has 3 aliphatic heterocycles. The van der Waals surface area contributed by atoms with E-state index in [4.69, 9.17) is 9.47 Å². The average molecular weight is 450 g/mol. The lowest BCUT2D eigenvalue weighted by molar-refractivity contribution is -0.00550. The molecule has 1 atom stereocenters. The zero-order valence-electron chi connectivity index (χ0n) is 18.1. The quantitative estimate of drug-likeness (QED) is 0.718. The van der Waals surface area contributed by atoms with Crippen molar-refractivity contribution in [1.29, 1.82) is 0 Å². The number of aliphatic hydroxyl groups is 1. The molecular formula is C22H31N3O5S. The van der Waals surface area contributed by atoms with Crippen molar-refractivity contribution in [3.05, 3.63) is 29.5 Å². The van der Waals surface area contributed by atoms with Gasteiger partial charge in [-0.1, -0.05) is 0 Å². The van der Waals surface area contributed by atoms with Crippen LogP contribution in [-0.2, 0) is 20.2 Å². The van der Waals surface area contributed by atoms with Crippen molar-refractivity contribution < 1.29 is 23.0 Å². The van der Waals surface area contributed by atoms with E-state index in [9.17, 15) is 13.5 Å². The Labute approximate surface area is 183 Å². The molecule has 1 spiro atoms. The fourth-order valence-corrected chi connectivity index (χ4v) is 6.92. The minimum absolute atomic E-state index is 0.258. The number of H-pyrrole nitrogens is 1. The van der Waals surface area contributed by atoms with Gasteiger partial charge in [0.1, 0.15) is 5.75 Å². The van der Waals surface area contributed by atoms with Crippen LogP contribution in [0.15, 0.2) is 18.2 Å². The molecule has 9 heteroatoms. The van der Waals surface area contributed by atoms with Crippen LogP contribution in [-0.4, -0.2) is 87.1 Å². The zero-order chi connectivity index (χ0) is 21.8. The van der Waals surface area contributed by atoms with E-state index in [0.717, 1.165) is 73.6 Å². The van der Waals surface area contributed by atoms with Gasteiger partial charge in [0.15, 0.2) is 0 Å². The molecular weight excluding hydrogens is 418 g/mol. The molecule has 0 aliphatic carbocycles. The monoisotopic (exact) mass is 449 g/mol. The van der Waals surface area contributed by atoms with E-state index in [1.807, 2.05) is 12.1 Å². The summed E-state index contributed by atoms with van der Waals surface area (Å²) < 4.78 is 37.7. The number of aliphatic hydroxyl groups excluding tert-OH is 1. The molecule has 2 fully saturated rings. The van der Waals surface area contributed by atoms with Gasteiger partial charge in [0.25, 0.3) is 0 Å². The molecule has 0 saturated carbocycles. The largest absolute Gasteiger partial charge is 0.497 e. The number of fused-ring (bicyclic) bond motifs is 4. The van der Waals surface area contributed by atoms with Crippen LogP contribution in [0.5, 0.6) is 5.75 Å². The molecule has 170 valence electrons. The van der Waals surface area contributed by atoms with E-state index >= 15 is 0 Å². The summed E-state index contributed by atoms with van der Waals surface area (Å²) in [6.07, 6.45) is 3.41. The molecule has 2 N–H and O–H groups in total. The molecule has 4 heterocycles. The topological polar surface area (TPSA) is 95.1 Å². The van der Waals surface area contributed by atoms with Crippen LogP contribution < -0.4 is 4.74 Å². The van der Waals surface area contributed by atoms with Crippen molar-refractivity contribution in [3.63, 3.8) is 0 Å². The van der Waals surface area contributed by atoms with Crippen molar-refractivity contribution in [2.24, 2.45) is 5.92 Å². The first-order valence-electron chi connectivity index (χ1n) is 10.9. The lowest BCUT2D eigenvalue weighted by Gasteiger charge is -2.56. The van der Waals surface area contributed by atoms with Gasteiger partial charge in [-0.25, -0.2) is 8.42 Å². The lowest BCUT2D eigenvalue weighted by Crippen LogP contribution is -2.67. The maximum absolute atomic E-state index is 12.7. The molecule has 2 saturated heterocycles. The van der Waals surface area contributed by atoms with E-state index in [1.54, 1.807) is 7.11 Å². The minimum atomic E-state index is -3.48. The van der Waals surface area contributed by atoms with Crippen LogP contribution in [0.3, 0.4) is 0 Å². The molecule has 1 aromatic heterocycles. The molecule has 0 radical (unpaired) electrons. The van der Waals surface area contributed by atoms with Gasteiger partial charge < -0.3 is 24.5 Å². The van der Waals surface area contributed by atoms with Crippen LogP contribution in [0.1, 0.15) is 30.1 Å². The van der Waals surface area contributed by atoms with Crippen molar-refractivity contribution >= 4 is 20.9 Å². The summed E-state index contributed by atoms with van der Waals surface area (Å²) >= 11 is 0. The summed E-state index contributed by atoms with van der Waals surface area (Å²) in [7, 11) is -1.85. The number of hydrogen-bond donors (Lipinski definition) is 2. The molecule has 5 rings (SSSR count). The van der Waals surface area contributed by atoms with Crippen LogP contribution in [0.4, 0.5) is 0 Å². The van der Waals surface area contributed by atoms with Crippen LogP contribution in [0.2, 0.25) is 0 Å². The SMILES string of the molecule is COc1ccc2c3c([nH]c2c1)[C@@H](CO)N(S(C)(=O)=O)CC31CN(CC2CCOCC2)C1. The Hall–Kier alpha value is -1.65. The summed E-state index contributed by atoms with van der Waals surface area (Å²) in [5, 5.41) is 11.2. The summed E-state index contributed by atoms with van der Waals surface area (Å²) in [4.78, 5) is 5.88. The number of aromatic amines is 1. The van der Waals surface area contributed by atoms with Gasteiger partial charge in [-0.05, 0) is 36.5 Å². The Morgan fingerprint density at radius 2 is 2.00 bits per heavy atom. The maximum atomic E-state index is 12.7. The third kappa shape index (κ3) is 3.56. The average Bonchev–Trinajstić information content (AvgIpc) is 3.11. The van der Waals surface area contributed by atoms with Crippen molar-refractivity contribution in [2.75, 3.05) is 59.4 Å². The molecule has 8 nitrogen and oxygen atoms in total. The van der Waals surface area contributed by atoms with Gasteiger partial charge >= 0.3 is 0 Å². The van der Waals surface area contributed by atoms with Crippen molar-refractivity contribution in [2.45, 2.75) is 24.3 Å². The highest BCUT2D eigenvalue weighted by molar-refractivity contribution is 7.88. The van der Waals surface area contributed by atoms with Gasteiger partial charge in [-0.2, -0.15) is 4.31 Å². The Morgan fingerprint density at radius 1 is 1.26 bits per heavy atom. The summed E-state index contributed by atoms with van der Waals surface area (Å²) in [6, 6.07) is 5.34. The van der Waals surface area contributed by atoms with Gasteiger partial charge in [0, 0.05) is 67.5 Å². The first-order valence-corrected chi connectivity index (χ1v) is 12.8. The summed E-state index contributed by atoms with van der Waals surface area (Å²) in [5.74, 6) is 1.38. The third-order valence-corrected chi connectivity index (χ3v) is 8.45. The fourth-order valence-electron chi connectivity index (χ4n) is 5.80. The second-order valence-corrected chi connectivity index (χ2v) is 11.3. The number of rotatable bonds is 5. The van der Waals surface area contributed by atoms with Gasteiger partial charge in [-0.15, -0.1) is 0 Å². The first-order chi connectivity index (χ1) is 14.8. The summed E-state index contributed by atoms with van der Waals surface area (Å²) in [5.41, 5.74) is 2.61. The van der Waals surface area contributed by atoms with E-state index in [-0.39, 0.29) is 12.0 Å². The number of hydrogen-bond acceptors (Lipinski definition) is 6. The maximum Gasteiger partial charge on any atom is 0.211 e. The van der Waals surface area contributed by atoms with E-state index in [0.29, 0.717) is 12.5 Å². The zero-order valence-corrected chi connectivity index (χ0v) is 19.0. The number of aromatic nitrogens is 1. The molecule has 31 heavy (non-hydrogen) atoms. The highest BCUT2D eigenvalue weighted by Gasteiger charge is 2.54. The Bertz CT molecular complexity index is 1070. The normalized spacial score (nSPS) is 24.9. The van der Waals surface area contributed by atoms with Crippen LogP contribution in [0, 0.1) is 5.92 Å². The van der Waals surface area contributed by atoms with Crippen molar-refractivity contribution in [3.8, 4) is 5.75 Å². The molecule has 0 amide bonds. The number of likely N-dealkylation sites (tertiary alicyclic amines) is 1. The minimum Gasteiger partial charge on any atom is -0.497 e. The number of nitrogens with one attached hydrogen (secondary N) is 1. The van der Waals surface area contributed by atoms with E-state index in [2.05, 4.69) is 16.0 Å². The number of methoxy groups -OCH3 is 1. The van der Waals surface area contributed by atoms with Crippen molar-refractivity contribution in [1.82, 2.24) is 14.2 Å². The third-order valence-electron chi connectivity index (χ3n) is 7.21. The first kappa shape index (κ1) is 21.2. The fraction of sp³-hybridized carbons (Fsp3) is 0.636. The molecule has 3 aliphatic rings. The smallest absolute Gasteiger partial charge is 0.211 e. The number of ether oxygens (including phenoxy) is 2. The van der Waals surface area contributed by atoms with E-state index in [1.165, 1.54) is 10.6 Å². The molecule has 2 aromatic rings. The predicted molar refractivity (Wildman–Crippen MR) is 118 cm³/mol. The Kier molecular flexibility index (Phi) is 5.29. The van der Waals surface area contributed by atoms with E-state index < -0.39 is 16.1 Å². The highest BCUT2D eigenvalue weighted by atomic mass is 32.2. The Balaban J connectivity index is 1.54. The lowest BCUT2D eigenvalue weighted by atomic mass is 9.69. The second-order valence-electron chi connectivity index (χ2n) is 9.34. The summed E-state index contributed by atoms with van der Waals surface area (Å²) in [6.45, 7) is 4.47. The number of sulfonamides is 1. The molecule has 0 unspecified atom stereocenters. The second kappa shape index (κ2) is 7.74. The highest BCUT2D eigenvalue weighted by Crippen LogP contribution is 2.49. The number of nitrogens with zero attached hydrogens (tertiary/aromatic N) is 2. The van der Waals surface area contributed by atoms with Crippen LogP contribution in [0.25, 0.3) is 10.9 Å².